The molecule has 2 rings (SSSR count). The highest BCUT2D eigenvalue weighted by atomic mass is 15.1. The molecule has 0 unspecified atom stereocenters. The van der Waals surface area contributed by atoms with E-state index in [9.17, 15) is 0 Å². The Morgan fingerprint density at radius 1 is 1.17 bits per heavy atom. The Morgan fingerprint density at radius 3 is 2.83 bits per heavy atom. The molecule has 18 heavy (non-hydrogen) atoms. The molecular weight excluding hydrogens is 222 g/mol. The van der Waals surface area contributed by atoms with Gasteiger partial charge in [-0.25, -0.2) is 4.98 Å². The van der Waals surface area contributed by atoms with Gasteiger partial charge in [-0.1, -0.05) is 31.9 Å². The highest BCUT2D eigenvalue weighted by Gasteiger charge is 2.05. The van der Waals surface area contributed by atoms with Gasteiger partial charge in [0.15, 0.2) is 0 Å². The second-order valence-electron chi connectivity index (χ2n) is 4.76. The van der Waals surface area contributed by atoms with Crippen molar-refractivity contribution in [2.24, 2.45) is 0 Å². The first-order valence-electron chi connectivity index (χ1n) is 6.95. The quantitative estimate of drug-likeness (QED) is 0.760. The average Bonchev–Trinajstić information content (AvgIpc) is 2.70. The standard InChI is InChI=1S/C15H23N3/c1-3-4-7-10-16-11-12-18-13(2)17-14-8-5-6-9-15(14)18/h5-6,8-9,16H,3-4,7,10-12H2,1-2H3. The summed E-state index contributed by atoms with van der Waals surface area (Å²) >= 11 is 0. The molecule has 3 nitrogen and oxygen atoms in total. The molecule has 0 saturated carbocycles. The number of aromatic nitrogens is 2. The molecule has 1 heterocycles. The number of hydrogen-bond donors (Lipinski definition) is 1. The number of benzene rings is 1. The predicted octanol–water partition coefficient (Wildman–Crippen LogP) is 3.12. The molecule has 0 radical (unpaired) electrons. The van der Waals surface area contributed by atoms with Crippen molar-refractivity contribution in [2.45, 2.75) is 39.7 Å². The van der Waals surface area contributed by atoms with E-state index in [1.54, 1.807) is 0 Å². The largest absolute Gasteiger partial charge is 0.327 e. The van der Waals surface area contributed by atoms with Gasteiger partial charge < -0.3 is 9.88 Å². The van der Waals surface area contributed by atoms with Crippen LogP contribution in [-0.2, 0) is 6.54 Å². The molecule has 1 aromatic carbocycles. The number of rotatable bonds is 7. The predicted molar refractivity (Wildman–Crippen MR) is 76.9 cm³/mol. The van der Waals surface area contributed by atoms with Crippen LogP contribution >= 0.6 is 0 Å². The fourth-order valence-electron chi connectivity index (χ4n) is 2.29. The monoisotopic (exact) mass is 245 g/mol. The van der Waals surface area contributed by atoms with Crippen LogP contribution in [0.4, 0.5) is 0 Å². The minimum absolute atomic E-state index is 0.998. The van der Waals surface area contributed by atoms with E-state index in [2.05, 4.69) is 46.9 Å². The Balaban J connectivity index is 1.89. The van der Waals surface area contributed by atoms with Gasteiger partial charge in [-0.15, -0.1) is 0 Å². The Labute approximate surface area is 109 Å². The van der Waals surface area contributed by atoms with Crippen LogP contribution in [0.3, 0.4) is 0 Å². The molecule has 0 aliphatic carbocycles. The van der Waals surface area contributed by atoms with Crippen LogP contribution in [0.25, 0.3) is 11.0 Å². The van der Waals surface area contributed by atoms with Gasteiger partial charge in [0.05, 0.1) is 11.0 Å². The van der Waals surface area contributed by atoms with Crippen LogP contribution in [0, 0.1) is 6.92 Å². The van der Waals surface area contributed by atoms with Crippen molar-refractivity contribution in [3.05, 3.63) is 30.1 Å². The van der Waals surface area contributed by atoms with Crippen LogP contribution in [0.5, 0.6) is 0 Å². The Kier molecular flexibility index (Phi) is 4.76. The van der Waals surface area contributed by atoms with Crippen molar-refractivity contribution < 1.29 is 0 Å². The van der Waals surface area contributed by atoms with E-state index in [-0.39, 0.29) is 0 Å². The summed E-state index contributed by atoms with van der Waals surface area (Å²) in [5.41, 5.74) is 2.34. The lowest BCUT2D eigenvalue weighted by atomic mass is 10.2. The Morgan fingerprint density at radius 2 is 2.00 bits per heavy atom. The number of aryl methyl sites for hydroxylation is 1. The number of fused-ring (bicyclic) bond motifs is 1. The topological polar surface area (TPSA) is 29.9 Å². The second-order valence-corrected chi connectivity index (χ2v) is 4.76. The normalized spacial score (nSPS) is 11.2. The first kappa shape index (κ1) is 13.1. The van der Waals surface area contributed by atoms with Crippen molar-refractivity contribution in [3.63, 3.8) is 0 Å². The maximum absolute atomic E-state index is 4.58. The van der Waals surface area contributed by atoms with Crippen LogP contribution in [0.1, 0.15) is 32.0 Å². The molecule has 0 atom stereocenters. The van der Waals surface area contributed by atoms with Crippen molar-refractivity contribution in [1.29, 1.82) is 0 Å². The fourth-order valence-corrected chi connectivity index (χ4v) is 2.29. The molecule has 98 valence electrons. The van der Waals surface area contributed by atoms with Crippen molar-refractivity contribution in [1.82, 2.24) is 14.9 Å². The summed E-state index contributed by atoms with van der Waals surface area (Å²) in [7, 11) is 0. The third-order valence-electron chi connectivity index (χ3n) is 3.31. The zero-order valence-electron chi connectivity index (χ0n) is 11.4. The number of para-hydroxylation sites is 2. The minimum atomic E-state index is 0.998. The third kappa shape index (κ3) is 3.10. The number of nitrogens with zero attached hydrogens (tertiary/aromatic N) is 2. The van der Waals surface area contributed by atoms with Gasteiger partial charge in [0.1, 0.15) is 5.82 Å². The van der Waals surface area contributed by atoms with E-state index < -0.39 is 0 Å². The molecule has 1 aromatic heterocycles. The maximum Gasteiger partial charge on any atom is 0.106 e. The molecule has 0 bridgehead atoms. The third-order valence-corrected chi connectivity index (χ3v) is 3.31. The van der Waals surface area contributed by atoms with Gasteiger partial charge in [0.25, 0.3) is 0 Å². The molecule has 1 N–H and O–H groups in total. The number of unbranched alkanes of at least 4 members (excludes halogenated alkanes) is 2. The first-order chi connectivity index (χ1) is 8.83. The summed E-state index contributed by atoms with van der Waals surface area (Å²) in [4.78, 5) is 4.58. The second kappa shape index (κ2) is 6.55. The van der Waals surface area contributed by atoms with E-state index >= 15 is 0 Å². The first-order valence-corrected chi connectivity index (χ1v) is 6.95. The summed E-state index contributed by atoms with van der Waals surface area (Å²) in [6.07, 6.45) is 3.88. The van der Waals surface area contributed by atoms with Crippen molar-refractivity contribution >= 4 is 11.0 Å². The zero-order valence-corrected chi connectivity index (χ0v) is 11.4. The molecule has 0 spiro atoms. The van der Waals surface area contributed by atoms with E-state index in [4.69, 9.17) is 0 Å². The highest BCUT2D eigenvalue weighted by Crippen LogP contribution is 2.14. The van der Waals surface area contributed by atoms with Gasteiger partial charge >= 0.3 is 0 Å². The SMILES string of the molecule is CCCCCNCCn1c(C)nc2ccccc21. The van der Waals surface area contributed by atoms with Crippen LogP contribution in [-0.4, -0.2) is 22.6 Å². The van der Waals surface area contributed by atoms with E-state index in [0.717, 1.165) is 31.0 Å². The molecule has 0 aliphatic heterocycles. The minimum Gasteiger partial charge on any atom is -0.327 e. The van der Waals surface area contributed by atoms with E-state index in [1.807, 2.05) is 6.07 Å². The van der Waals surface area contributed by atoms with Gasteiger partial charge in [0.2, 0.25) is 0 Å². The molecule has 0 aliphatic rings. The smallest absolute Gasteiger partial charge is 0.106 e. The molecule has 2 aromatic rings. The van der Waals surface area contributed by atoms with Crippen LogP contribution in [0.15, 0.2) is 24.3 Å². The summed E-state index contributed by atoms with van der Waals surface area (Å²) in [5.74, 6) is 1.10. The Bertz CT molecular complexity index is 487. The molecular formula is C15H23N3. The van der Waals surface area contributed by atoms with Gasteiger partial charge in [-0.2, -0.15) is 0 Å². The average molecular weight is 245 g/mol. The lowest BCUT2D eigenvalue weighted by molar-refractivity contribution is 0.569. The van der Waals surface area contributed by atoms with Gasteiger partial charge in [-0.05, 0) is 32.0 Å². The number of imidazole rings is 1. The zero-order chi connectivity index (χ0) is 12.8. The summed E-state index contributed by atoms with van der Waals surface area (Å²) in [6, 6.07) is 8.34. The van der Waals surface area contributed by atoms with Crippen LogP contribution < -0.4 is 5.32 Å². The molecule has 0 amide bonds. The molecule has 0 fully saturated rings. The summed E-state index contributed by atoms with van der Waals surface area (Å²) in [5, 5.41) is 3.50. The van der Waals surface area contributed by atoms with E-state index in [0.29, 0.717) is 0 Å². The number of nitrogens with one attached hydrogen (secondary N) is 1. The van der Waals surface area contributed by atoms with E-state index in [1.165, 1.54) is 24.8 Å². The van der Waals surface area contributed by atoms with Gasteiger partial charge in [0, 0.05) is 13.1 Å². The maximum atomic E-state index is 4.58. The van der Waals surface area contributed by atoms with Gasteiger partial charge in [-0.3, -0.25) is 0 Å². The van der Waals surface area contributed by atoms with Crippen molar-refractivity contribution in [3.8, 4) is 0 Å². The molecule has 3 heteroatoms. The summed E-state index contributed by atoms with van der Waals surface area (Å²) in [6.45, 7) is 7.46. The molecule has 0 saturated heterocycles. The lowest BCUT2D eigenvalue weighted by Gasteiger charge is -2.08. The van der Waals surface area contributed by atoms with Crippen LogP contribution in [0.2, 0.25) is 0 Å². The number of hydrogen-bond acceptors (Lipinski definition) is 2. The van der Waals surface area contributed by atoms with Crippen molar-refractivity contribution in [2.75, 3.05) is 13.1 Å². The fraction of sp³-hybridized carbons (Fsp3) is 0.533. The highest BCUT2D eigenvalue weighted by molar-refractivity contribution is 5.75. The Hall–Kier alpha value is -1.35. The summed E-state index contributed by atoms with van der Waals surface area (Å²) < 4.78 is 2.29. The lowest BCUT2D eigenvalue weighted by Crippen LogP contribution is -2.21.